The lowest BCUT2D eigenvalue weighted by Gasteiger charge is -2.13. The van der Waals surface area contributed by atoms with Crippen molar-refractivity contribution in [3.8, 4) is 11.3 Å². The molecule has 0 aliphatic rings. The van der Waals surface area contributed by atoms with Crippen LogP contribution >= 0.6 is 0 Å². The Hall–Kier alpha value is -1.68. The van der Waals surface area contributed by atoms with Crippen LogP contribution < -0.4 is 5.32 Å². The predicted molar refractivity (Wildman–Crippen MR) is 75.4 cm³/mol. The molecule has 108 valence electrons. The first-order valence-corrected chi connectivity index (χ1v) is 6.94. The Kier molecular flexibility index (Phi) is 4.90. The van der Waals surface area contributed by atoms with Crippen LogP contribution in [0.1, 0.15) is 38.5 Å². The van der Waals surface area contributed by atoms with Crippen molar-refractivity contribution in [2.75, 3.05) is 6.54 Å². The second-order valence-corrected chi connectivity index (χ2v) is 4.74. The van der Waals surface area contributed by atoms with Gasteiger partial charge in [0, 0.05) is 6.07 Å². The van der Waals surface area contributed by atoms with Gasteiger partial charge in [-0.2, -0.15) is 0 Å². The molecular weight excluding hydrogens is 260 g/mol. The summed E-state index contributed by atoms with van der Waals surface area (Å²) in [6.45, 7) is 5.06. The molecule has 1 aromatic heterocycles. The van der Waals surface area contributed by atoms with E-state index in [-0.39, 0.29) is 11.6 Å². The summed E-state index contributed by atoms with van der Waals surface area (Å²) in [5.74, 6) is 0.00321. The summed E-state index contributed by atoms with van der Waals surface area (Å²) in [6, 6.07) is 7.18. The Morgan fingerprint density at radius 1 is 1.15 bits per heavy atom. The van der Waals surface area contributed by atoms with Crippen LogP contribution in [0.3, 0.4) is 0 Å². The molecule has 0 aliphatic carbocycles. The van der Waals surface area contributed by atoms with Gasteiger partial charge in [0.15, 0.2) is 0 Å². The molecule has 0 radical (unpaired) electrons. The monoisotopic (exact) mass is 279 g/mol. The zero-order valence-electron chi connectivity index (χ0n) is 11.7. The third-order valence-electron chi connectivity index (χ3n) is 3.22. The van der Waals surface area contributed by atoms with Crippen LogP contribution in [-0.2, 0) is 0 Å². The maximum atomic E-state index is 13.7. The number of hydrogen-bond acceptors (Lipinski definition) is 2. The molecule has 1 unspecified atom stereocenters. The highest BCUT2D eigenvalue weighted by Gasteiger charge is 2.15. The normalized spacial score (nSPS) is 12.6. The maximum Gasteiger partial charge on any atom is 0.137 e. The van der Waals surface area contributed by atoms with Crippen LogP contribution in [0, 0.1) is 11.6 Å². The van der Waals surface area contributed by atoms with E-state index in [0.717, 1.165) is 31.2 Å². The molecule has 1 atom stereocenters. The average Bonchev–Trinajstić information content (AvgIpc) is 2.89. The minimum Gasteiger partial charge on any atom is -0.459 e. The molecule has 2 nitrogen and oxygen atoms in total. The molecule has 20 heavy (non-hydrogen) atoms. The Balaban J connectivity index is 2.23. The summed E-state index contributed by atoms with van der Waals surface area (Å²) in [5.41, 5.74) is 0.281. The fraction of sp³-hybridized carbons (Fsp3) is 0.375. The highest BCUT2D eigenvalue weighted by atomic mass is 19.1. The van der Waals surface area contributed by atoms with Gasteiger partial charge in [-0.3, -0.25) is 0 Å². The Labute approximate surface area is 117 Å². The molecule has 1 aromatic carbocycles. The standard InChI is InChI=1S/C16H19F2NO/c1-3-9-19-14(4-2)16-8-7-15(20-16)12-6-5-11(17)10-13(12)18/h5-8,10,14,19H,3-4,9H2,1-2H3. The third-order valence-corrected chi connectivity index (χ3v) is 3.22. The molecule has 0 spiro atoms. The first-order valence-electron chi connectivity index (χ1n) is 6.94. The number of benzene rings is 1. The van der Waals surface area contributed by atoms with Crippen molar-refractivity contribution >= 4 is 0 Å². The smallest absolute Gasteiger partial charge is 0.137 e. The molecular formula is C16H19F2NO. The first-order chi connectivity index (χ1) is 9.65. The molecule has 0 saturated heterocycles. The fourth-order valence-electron chi connectivity index (χ4n) is 2.14. The zero-order chi connectivity index (χ0) is 14.5. The van der Waals surface area contributed by atoms with Gasteiger partial charge in [-0.15, -0.1) is 0 Å². The number of hydrogen-bond donors (Lipinski definition) is 1. The number of rotatable bonds is 6. The lowest BCUT2D eigenvalue weighted by molar-refractivity contribution is 0.410. The van der Waals surface area contributed by atoms with E-state index in [9.17, 15) is 8.78 Å². The summed E-state index contributed by atoms with van der Waals surface area (Å²) in [6.07, 6.45) is 1.93. The molecule has 0 saturated carbocycles. The number of nitrogens with one attached hydrogen (secondary N) is 1. The third kappa shape index (κ3) is 3.25. The van der Waals surface area contributed by atoms with Crippen LogP contribution in [0.4, 0.5) is 8.78 Å². The summed E-state index contributed by atoms with van der Waals surface area (Å²) < 4.78 is 32.3. The topological polar surface area (TPSA) is 25.2 Å². The fourth-order valence-corrected chi connectivity index (χ4v) is 2.14. The van der Waals surface area contributed by atoms with E-state index in [1.807, 2.05) is 6.07 Å². The molecule has 0 fully saturated rings. The van der Waals surface area contributed by atoms with E-state index in [1.54, 1.807) is 6.07 Å². The van der Waals surface area contributed by atoms with Crippen molar-refractivity contribution in [2.45, 2.75) is 32.7 Å². The first kappa shape index (κ1) is 14.7. The minimum absolute atomic E-state index is 0.118. The lowest BCUT2D eigenvalue weighted by atomic mass is 10.1. The minimum atomic E-state index is -0.611. The SMILES string of the molecule is CCCNC(CC)c1ccc(-c2ccc(F)cc2F)o1. The van der Waals surface area contributed by atoms with E-state index < -0.39 is 11.6 Å². The van der Waals surface area contributed by atoms with Gasteiger partial charge in [0.25, 0.3) is 0 Å². The van der Waals surface area contributed by atoms with Crippen LogP contribution in [0.5, 0.6) is 0 Å². The quantitative estimate of drug-likeness (QED) is 0.830. The Morgan fingerprint density at radius 2 is 1.95 bits per heavy atom. The second kappa shape index (κ2) is 6.66. The molecule has 2 aromatic rings. The van der Waals surface area contributed by atoms with Gasteiger partial charge in [0.2, 0.25) is 0 Å². The zero-order valence-corrected chi connectivity index (χ0v) is 11.7. The van der Waals surface area contributed by atoms with Crippen molar-refractivity contribution < 1.29 is 13.2 Å². The molecule has 4 heteroatoms. The highest BCUT2D eigenvalue weighted by molar-refractivity contribution is 5.58. The van der Waals surface area contributed by atoms with Gasteiger partial charge in [-0.1, -0.05) is 13.8 Å². The molecule has 0 amide bonds. The molecule has 0 bridgehead atoms. The van der Waals surface area contributed by atoms with Crippen LogP contribution in [0.2, 0.25) is 0 Å². The molecule has 1 heterocycles. The van der Waals surface area contributed by atoms with Gasteiger partial charge in [-0.25, -0.2) is 8.78 Å². The van der Waals surface area contributed by atoms with Gasteiger partial charge < -0.3 is 9.73 Å². The predicted octanol–water partition coefficient (Wildman–Crippen LogP) is 4.68. The summed E-state index contributed by atoms with van der Waals surface area (Å²) in [4.78, 5) is 0. The van der Waals surface area contributed by atoms with Gasteiger partial charge in [0.1, 0.15) is 23.2 Å². The van der Waals surface area contributed by atoms with Gasteiger partial charge in [-0.05, 0) is 43.7 Å². The van der Waals surface area contributed by atoms with Crippen LogP contribution in [-0.4, -0.2) is 6.54 Å². The van der Waals surface area contributed by atoms with Crippen molar-refractivity contribution in [3.63, 3.8) is 0 Å². The average molecular weight is 279 g/mol. The van der Waals surface area contributed by atoms with E-state index in [0.29, 0.717) is 5.76 Å². The molecule has 1 N–H and O–H groups in total. The van der Waals surface area contributed by atoms with Gasteiger partial charge in [0.05, 0.1) is 11.6 Å². The molecule has 2 rings (SSSR count). The summed E-state index contributed by atoms with van der Waals surface area (Å²) >= 11 is 0. The number of furan rings is 1. The summed E-state index contributed by atoms with van der Waals surface area (Å²) in [5, 5.41) is 3.38. The lowest BCUT2D eigenvalue weighted by Crippen LogP contribution is -2.20. The largest absolute Gasteiger partial charge is 0.459 e. The maximum absolute atomic E-state index is 13.7. The van der Waals surface area contributed by atoms with Crippen molar-refractivity contribution in [1.29, 1.82) is 0 Å². The highest BCUT2D eigenvalue weighted by Crippen LogP contribution is 2.28. The van der Waals surface area contributed by atoms with Crippen molar-refractivity contribution in [1.82, 2.24) is 5.32 Å². The summed E-state index contributed by atoms with van der Waals surface area (Å²) in [7, 11) is 0. The van der Waals surface area contributed by atoms with Gasteiger partial charge >= 0.3 is 0 Å². The van der Waals surface area contributed by atoms with E-state index in [4.69, 9.17) is 4.42 Å². The van der Waals surface area contributed by atoms with E-state index >= 15 is 0 Å². The van der Waals surface area contributed by atoms with Crippen molar-refractivity contribution in [2.24, 2.45) is 0 Å². The second-order valence-electron chi connectivity index (χ2n) is 4.74. The molecule has 0 aliphatic heterocycles. The van der Waals surface area contributed by atoms with Crippen LogP contribution in [0.25, 0.3) is 11.3 Å². The van der Waals surface area contributed by atoms with E-state index in [2.05, 4.69) is 19.2 Å². The number of halogens is 2. The van der Waals surface area contributed by atoms with Crippen molar-refractivity contribution in [3.05, 3.63) is 47.7 Å². The van der Waals surface area contributed by atoms with E-state index in [1.165, 1.54) is 12.1 Å². The van der Waals surface area contributed by atoms with Crippen LogP contribution in [0.15, 0.2) is 34.7 Å². The Morgan fingerprint density at radius 3 is 2.60 bits per heavy atom. The Bertz CT molecular complexity index is 565.